The van der Waals surface area contributed by atoms with E-state index in [9.17, 15) is 4.79 Å². The van der Waals surface area contributed by atoms with Crippen LogP contribution in [0.5, 0.6) is 0 Å². The summed E-state index contributed by atoms with van der Waals surface area (Å²) in [5, 5.41) is 0. The van der Waals surface area contributed by atoms with Crippen molar-refractivity contribution in [1.82, 2.24) is 9.97 Å². The second-order valence-electron chi connectivity index (χ2n) is 3.91. The van der Waals surface area contributed by atoms with Crippen molar-refractivity contribution in [1.29, 1.82) is 0 Å². The van der Waals surface area contributed by atoms with E-state index in [1.165, 1.54) is 0 Å². The van der Waals surface area contributed by atoms with Crippen molar-refractivity contribution in [3.05, 3.63) is 25.9 Å². The zero-order valence-electron chi connectivity index (χ0n) is 8.43. The molecule has 1 aromatic rings. The minimum absolute atomic E-state index is 0.0508. The lowest BCUT2D eigenvalue weighted by molar-refractivity contribution is 0.799. The van der Waals surface area contributed by atoms with Gasteiger partial charge in [0.05, 0.1) is 9.32 Å². The molecule has 1 heterocycles. The summed E-state index contributed by atoms with van der Waals surface area (Å²) in [6.45, 7) is 6.42. The first-order chi connectivity index (χ1) is 6.38. The molecule has 5 heteroatoms. The molecule has 0 aliphatic heterocycles. The molecule has 0 aromatic carbocycles. The van der Waals surface area contributed by atoms with Gasteiger partial charge in [-0.25, -0.2) is 4.98 Å². The Morgan fingerprint density at radius 2 is 2.21 bits per heavy atom. The van der Waals surface area contributed by atoms with Crippen LogP contribution in [-0.2, 0) is 5.75 Å². The third-order valence-electron chi connectivity index (χ3n) is 1.45. The van der Waals surface area contributed by atoms with Crippen LogP contribution < -0.4 is 5.56 Å². The van der Waals surface area contributed by atoms with Crippen LogP contribution in [0.2, 0.25) is 0 Å². The molecule has 3 nitrogen and oxygen atoms in total. The summed E-state index contributed by atoms with van der Waals surface area (Å²) in [6, 6.07) is 0. The first-order valence-corrected chi connectivity index (χ1v) is 6.32. The molecule has 0 spiro atoms. The highest BCUT2D eigenvalue weighted by atomic mass is 127. The standard InChI is InChI=1S/C9H13IN2OS/c1-9(2,3)14-5-7-11-4-6(10)8(13)12-7/h4H,5H2,1-3H3,(H,11,12,13). The molecule has 14 heavy (non-hydrogen) atoms. The van der Waals surface area contributed by atoms with Crippen LogP contribution in [0.1, 0.15) is 26.6 Å². The molecule has 0 bridgehead atoms. The van der Waals surface area contributed by atoms with E-state index in [4.69, 9.17) is 0 Å². The molecule has 0 aliphatic rings. The van der Waals surface area contributed by atoms with Crippen LogP contribution in [0.25, 0.3) is 0 Å². The van der Waals surface area contributed by atoms with Crippen LogP contribution >= 0.6 is 34.4 Å². The van der Waals surface area contributed by atoms with Gasteiger partial charge in [0.2, 0.25) is 0 Å². The van der Waals surface area contributed by atoms with Crippen LogP contribution in [0, 0.1) is 3.57 Å². The molecule has 1 rings (SSSR count). The van der Waals surface area contributed by atoms with Gasteiger partial charge >= 0.3 is 0 Å². The first kappa shape index (κ1) is 12.0. The number of nitrogens with zero attached hydrogens (tertiary/aromatic N) is 1. The number of thioether (sulfide) groups is 1. The van der Waals surface area contributed by atoms with Gasteiger partial charge in [-0.1, -0.05) is 20.8 Å². The molecule has 1 N–H and O–H groups in total. The highest BCUT2D eigenvalue weighted by Gasteiger charge is 2.11. The number of halogens is 1. The van der Waals surface area contributed by atoms with E-state index < -0.39 is 0 Å². The van der Waals surface area contributed by atoms with Gasteiger partial charge in [0, 0.05) is 10.9 Å². The molecule has 0 atom stereocenters. The van der Waals surface area contributed by atoms with E-state index >= 15 is 0 Å². The number of hydrogen-bond donors (Lipinski definition) is 1. The number of rotatable bonds is 2. The van der Waals surface area contributed by atoms with Gasteiger partial charge in [-0.15, -0.1) is 11.8 Å². The zero-order chi connectivity index (χ0) is 10.8. The molecule has 0 aliphatic carbocycles. The highest BCUT2D eigenvalue weighted by Crippen LogP contribution is 2.25. The molecule has 0 saturated carbocycles. The summed E-state index contributed by atoms with van der Waals surface area (Å²) >= 11 is 3.74. The minimum atomic E-state index is -0.0508. The number of aromatic amines is 1. The fourth-order valence-electron chi connectivity index (χ4n) is 0.774. The largest absolute Gasteiger partial charge is 0.309 e. The van der Waals surface area contributed by atoms with Crippen molar-refractivity contribution in [2.45, 2.75) is 31.3 Å². The Morgan fingerprint density at radius 3 is 2.71 bits per heavy atom. The normalized spacial score (nSPS) is 11.7. The summed E-state index contributed by atoms with van der Waals surface area (Å²) in [5.74, 6) is 1.49. The van der Waals surface area contributed by atoms with Gasteiger partial charge in [-0.2, -0.15) is 0 Å². The second-order valence-corrected chi connectivity index (χ2v) is 6.87. The SMILES string of the molecule is CC(C)(C)SCc1ncc(I)c(=O)[nH]1. The fourth-order valence-corrected chi connectivity index (χ4v) is 1.77. The topological polar surface area (TPSA) is 45.8 Å². The van der Waals surface area contributed by atoms with Crippen molar-refractivity contribution >= 4 is 34.4 Å². The summed E-state index contributed by atoms with van der Waals surface area (Å²) in [7, 11) is 0. The molecule has 0 fully saturated rings. The monoisotopic (exact) mass is 324 g/mol. The minimum Gasteiger partial charge on any atom is -0.309 e. The van der Waals surface area contributed by atoms with Crippen molar-refractivity contribution in [2.75, 3.05) is 0 Å². The van der Waals surface area contributed by atoms with Gasteiger partial charge in [-0.05, 0) is 22.6 Å². The van der Waals surface area contributed by atoms with Crippen molar-refractivity contribution in [2.24, 2.45) is 0 Å². The molecule has 78 valence electrons. The van der Waals surface area contributed by atoms with Gasteiger partial charge in [-0.3, -0.25) is 4.79 Å². The highest BCUT2D eigenvalue weighted by molar-refractivity contribution is 14.1. The van der Waals surface area contributed by atoms with E-state index in [1.807, 2.05) is 22.6 Å². The first-order valence-electron chi connectivity index (χ1n) is 4.26. The summed E-state index contributed by atoms with van der Waals surface area (Å²) < 4.78 is 0.828. The summed E-state index contributed by atoms with van der Waals surface area (Å²) in [6.07, 6.45) is 1.61. The molecule has 0 unspecified atom stereocenters. The van der Waals surface area contributed by atoms with E-state index in [2.05, 4.69) is 30.7 Å². The third kappa shape index (κ3) is 4.00. The third-order valence-corrected chi connectivity index (χ3v) is 3.50. The van der Waals surface area contributed by atoms with E-state index in [-0.39, 0.29) is 10.3 Å². The van der Waals surface area contributed by atoms with Gasteiger partial charge in [0.25, 0.3) is 5.56 Å². The van der Waals surface area contributed by atoms with Crippen molar-refractivity contribution in [3.63, 3.8) is 0 Å². The Morgan fingerprint density at radius 1 is 1.57 bits per heavy atom. The lowest BCUT2D eigenvalue weighted by atomic mass is 10.3. The number of hydrogen-bond acceptors (Lipinski definition) is 3. The molecule has 0 saturated heterocycles. The smallest absolute Gasteiger partial charge is 0.264 e. The lowest BCUT2D eigenvalue weighted by Crippen LogP contribution is -2.15. The number of nitrogens with one attached hydrogen (secondary N) is 1. The van der Waals surface area contributed by atoms with E-state index in [0.29, 0.717) is 3.57 Å². The van der Waals surface area contributed by atoms with Crippen LogP contribution in [0.15, 0.2) is 11.0 Å². The Kier molecular flexibility index (Phi) is 4.00. The molecule has 0 radical (unpaired) electrons. The maximum atomic E-state index is 11.3. The molecule has 0 amide bonds. The molecular formula is C9H13IN2OS. The molecule has 1 aromatic heterocycles. The van der Waals surface area contributed by atoms with Gasteiger partial charge in [0.15, 0.2) is 0 Å². The average molecular weight is 324 g/mol. The maximum absolute atomic E-state index is 11.3. The van der Waals surface area contributed by atoms with Gasteiger partial charge < -0.3 is 4.98 Å². The Labute approximate surface area is 101 Å². The quantitative estimate of drug-likeness (QED) is 0.850. The Balaban J connectivity index is 2.70. The van der Waals surface area contributed by atoms with Crippen LogP contribution in [0.3, 0.4) is 0 Å². The Hall–Kier alpha value is -0.0400. The number of aromatic nitrogens is 2. The van der Waals surface area contributed by atoms with Crippen LogP contribution in [0.4, 0.5) is 0 Å². The average Bonchev–Trinajstić information content (AvgIpc) is 2.06. The van der Waals surface area contributed by atoms with Crippen LogP contribution in [-0.4, -0.2) is 14.7 Å². The maximum Gasteiger partial charge on any atom is 0.264 e. The Bertz CT molecular complexity index is 370. The predicted octanol–water partition coefficient (Wildman–Crippen LogP) is 2.41. The lowest BCUT2D eigenvalue weighted by Gasteiger charge is -2.16. The fraction of sp³-hybridized carbons (Fsp3) is 0.556. The zero-order valence-corrected chi connectivity index (χ0v) is 11.4. The summed E-state index contributed by atoms with van der Waals surface area (Å²) in [5.41, 5.74) is -0.0508. The predicted molar refractivity (Wildman–Crippen MR) is 68.6 cm³/mol. The van der Waals surface area contributed by atoms with Crippen molar-refractivity contribution in [3.8, 4) is 0 Å². The summed E-state index contributed by atoms with van der Waals surface area (Å²) in [4.78, 5) is 18.2. The van der Waals surface area contributed by atoms with E-state index in [0.717, 1.165) is 11.6 Å². The van der Waals surface area contributed by atoms with Gasteiger partial charge in [0.1, 0.15) is 5.82 Å². The number of H-pyrrole nitrogens is 1. The van der Waals surface area contributed by atoms with E-state index in [1.54, 1.807) is 18.0 Å². The van der Waals surface area contributed by atoms with Crippen molar-refractivity contribution < 1.29 is 0 Å². The molecular weight excluding hydrogens is 311 g/mol. The second kappa shape index (κ2) is 4.65.